The van der Waals surface area contributed by atoms with Crippen molar-refractivity contribution >= 4 is 5.91 Å². The second-order valence-electron chi connectivity index (χ2n) is 6.29. The zero-order valence-electron chi connectivity index (χ0n) is 15.6. The van der Waals surface area contributed by atoms with Crippen molar-refractivity contribution in [3.05, 3.63) is 65.9 Å². The molecule has 0 aliphatic carbocycles. The van der Waals surface area contributed by atoms with Gasteiger partial charge in [-0.2, -0.15) is 0 Å². The maximum absolute atomic E-state index is 12.3. The molecule has 27 heavy (non-hydrogen) atoms. The SMILES string of the molecule is COc1cccc(-c2cc(CNC(=O)c3ccc(OC(C)C)cc3)no2)c1. The standard InChI is InChI=1S/C21H22N2O4/c1-14(2)26-18-9-7-15(8-10-18)21(24)22-13-17-12-20(27-23-17)16-5-4-6-19(11-16)25-3/h4-12,14H,13H2,1-3H3,(H,22,24). The number of nitrogens with zero attached hydrogens (tertiary/aromatic N) is 1. The summed E-state index contributed by atoms with van der Waals surface area (Å²) in [6.45, 7) is 4.19. The van der Waals surface area contributed by atoms with E-state index < -0.39 is 0 Å². The minimum absolute atomic E-state index is 0.0932. The van der Waals surface area contributed by atoms with Crippen molar-refractivity contribution < 1.29 is 18.8 Å². The van der Waals surface area contributed by atoms with Crippen LogP contribution in [0.5, 0.6) is 11.5 Å². The minimum atomic E-state index is -0.183. The number of carbonyl (C=O) groups excluding carboxylic acids is 1. The van der Waals surface area contributed by atoms with Crippen LogP contribution in [0, 0.1) is 0 Å². The maximum atomic E-state index is 12.3. The van der Waals surface area contributed by atoms with Gasteiger partial charge in [0.2, 0.25) is 0 Å². The van der Waals surface area contributed by atoms with Crippen LogP contribution in [0.3, 0.4) is 0 Å². The molecule has 1 amide bonds. The molecular weight excluding hydrogens is 344 g/mol. The molecule has 0 spiro atoms. The van der Waals surface area contributed by atoms with E-state index in [4.69, 9.17) is 14.0 Å². The van der Waals surface area contributed by atoms with Gasteiger partial charge in [0.25, 0.3) is 5.91 Å². The van der Waals surface area contributed by atoms with Crippen LogP contribution in [0.15, 0.2) is 59.1 Å². The van der Waals surface area contributed by atoms with Crippen molar-refractivity contribution in [3.63, 3.8) is 0 Å². The van der Waals surface area contributed by atoms with Crippen molar-refractivity contribution in [1.29, 1.82) is 0 Å². The van der Waals surface area contributed by atoms with Gasteiger partial charge in [-0.25, -0.2) is 0 Å². The molecule has 1 N–H and O–H groups in total. The Kier molecular flexibility index (Phi) is 5.76. The van der Waals surface area contributed by atoms with E-state index in [0.29, 0.717) is 17.0 Å². The predicted molar refractivity (Wildman–Crippen MR) is 102 cm³/mol. The number of carbonyl (C=O) groups is 1. The molecule has 1 heterocycles. The fourth-order valence-electron chi connectivity index (χ4n) is 2.54. The van der Waals surface area contributed by atoms with Gasteiger partial charge >= 0.3 is 0 Å². The Balaban J connectivity index is 1.60. The molecule has 3 aromatic rings. The fraction of sp³-hybridized carbons (Fsp3) is 0.238. The second kappa shape index (κ2) is 8.40. The second-order valence-corrected chi connectivity index (χ2v) is 6.29. The Labute approximate surface area is 158 Å². The van der Waals surface area contributed by atoms with Crippen LogP contribution >= 0.6 is 0 Å². The van der Waals surface area contributed by atoms with Gasteiger partial charge in [-0.15, -0.1) is 0 Å². The van der Waals surface area contributed by atoms with Crippen LogP contribution < -0.4 is 14.8 Å². The number of hydrogen-bond acceptors (Lipinski definition) is 5. The number of amides is 1. The highest BCUT2D eigenvalue weighted by Crippen LogP contribution is 2.24. The Hall–Kier alpha value is -3.28. The number of rotatable bonds is 7. The lowest BCUT2D eigenvalue weighted by atomic mass is 10.1. The van der Waals surface area contributed by atoms with Crippen molar-refractivity contribution in [3.8, 4) is 22.8 Å². The van der Waals surface area contributed by atoms with E-state index in [1.807, 2.05) is 38.1 Å². The van der Waals surface area contributed by atoms with Gasteiger partial charge in [0.15, 0.2) is 5.76 Å². The highest BCUT2D eigenvalue weighted by Gasteiger charge is 2.10. The molecule has 140 valence electrons. The molecule has 0 radical (unpaired) electrons. The van der Waals surface area contributed by atoms with Gasteiger partial charge in [-0.1, -0.05) is 17.3 Å². The molecule has 0 saturated heterocycles. The summed E-state index contributed by atoms with van der Waals surface area (Å²) in [4.78, 5) is 12.3. The third-order valence-corrected chi connectivity index (χ3v) is 3.83. The first kappa shape index (κ1) is 18.5. The highest BCUT2D eigenvalue weighted by molar-refractivity contribution is 5.94. The first-order valence-corrected chi connectivity index (χ1v) is 8.70. The molecule has 0 aliphatic rings. The summed E-state index contributed by atoms with van der Waals surface area (Å²) in [5.41, 5.74) is 2.06. The highest BCUT2D eigenvalue weighted by atomic mass is 16.5. The zero-order valence-corrected chi connectivity index (χ0v) is 15.6. The van der Waals surface area contributed by atoms with Crippen molar-refractivity contribution in [1.82, 2.24) is 10.5 Å². The average molecular weight is 366 g/mol. The Bertz CT molecular complexity index is 901. The van der Waals surface area contributed by atoms with E-state index in [-0.39, 0.29) is 18.6 Å². The van der Waals surface area contributed by atoms with E-state index in [9.17, 15) is 4.79 Å². The van der Waals surface area contributed by atoms with Crippen LogP contribution in [-0.4, -0.2) is 24.3 Å². The molecule has 3 rings (SSSR count). The van der Waals surface area contributed by atoms with Gasteiger partial charge in [0.05, 0.1) is 19.8 Å². The largest absolute Gasteiger partial charge is 0.497 e. The minimum Gasteiger partial charge on any atom is -0.497 e. The van der Waals surface area contributed by atoms with Gasteiger partial charge in [0, 0.05) is 17.2 Å². The summed E-state index contributed by atoms with van der Waals surface area (Å²) in [5.74, 6) is 1.91. The van der Waals surface area contributed by atoms with Gasteiger partial charge in [-0.3, -0.25) is 4.79 Å². The first-order valence-electron chi connectivity index (χ1n) is 8.70. The van der Waals surface area contributed by atoms with Crippen LogP contribution in [-0.2, 0) is 6.54 Å². The first-order chi connectivity index (χ1) is 13.0. The summed E-state index contributed by atoms with van der Waals surface area (Å²) in [6, 6.07) is 16.3. The summed E-state index contributed by atoms with van der Waals surface area (Å²) in [6.07, 6.45) is 0.0932. The van der Waals surface area contributed by atoms with E-state index in [0.717, 1.165) is 17.1 Å². The summed E-state index contributed by atoms with van der Waals surface area (Å²) in [7, 11) is 1.61. The fourth-order valence-corrected chi connectivity index (χ4v) is 2.54. The normalized spacial score (nSPS) is 10.7. The summed E-state index contributed by atoms with van der Waals surface area (Å²) < 4.78 is 16.2. The predicted octanol–water partition coefficient (Wildman–Crippen LogP) is 4.07. The summed E-state index contributed by atoms with van der Waals surface area (Å²) >= 11 is 0. The number of nitrogens with one attached hydrogen (secondary N) is 1. The lowest BCUT2D eigenvalue weighted by Crippen LogP contribution is -2.22. The van der Waals surface area contributed by atoms with Crippen LogP contribution in [0.1, 0.15) is 29.9 Å². The van der Waals surface area contributed by atoms with Crippen molar-refractivity contribution in [2.24, 2.45) is 0 Å². The Morgan fingerprint density at radius 1 is 1.11 bits per heavy atom. The monoisotopic (exact) mass is 366 g/mol. The van der Waals surface area contributed by atoms with Crippen LogP contribution in [0.4, 0.5) is 0 Å². The zero-order chi connectivity index (χ0) is 19.2. The third kappa shape index (κ3) is 4.88. The molecule has 6 nitrogen and oxygen atoms in total. The molecule has 0 atom stereocenters. The molecule has 0 fully saturated rings. The topological polar surface area (TPSA) is 73.6 Å². The molecule has 6 heteroatoms. The van der Waals surface area contributed by atoms with E-state index in [1.54, 1.807) is 37.4 Å². The lowest BCUT2D eigenvalue weighted by molar-refractivity contribution is 0.0950. The molecule has 0 unspecified atom stereocenters. The number of benzene rings is 2. The quantitative estimate of drug-likeness (QED) is 0.682. The van der Waals surface area contributed by atoms with E-state index >= 15 is 0 Å². The smallest absolute Gasteiger partial charge is 0.251 e. The molecule has 0 bridgehead atoms. The Morgan fingerprint density at radius 3 is 2.59 bits per heavy atom. The van der Waals surface area contributed by atoms with E-state index in [1.165, 1.54) is 0 Å². The Morgan fingerprint density at radius 2 is 1.89 bits per heavy atom. The average Bonchev–Trinajstić information content (AvgIpc) is 3.15. The van der Waals surface area contributed by atoms with Gasteiger partial charge in [-0.05, 0) is 50.2 Å². The third-order valence-electron chi connectivity index (χ3n) is 3.83. The molecule has 0 saturated carbocycles. The number of ether oxygens (including phenoxy) is 2. The molecule has 0 aliphatic heterocycles. The maximum Gasteiger partial charge on any atom is 0.251 e. The molecule has 1 aromatic heterocycles. The van der Waals surface area contributed by atoms with Crippen LogP contribution in [0.25, 0.3) is 11.3 Å². The number of aromatic nitrogens is 1. The van der Waals surface area contributed by atoms with Gasteiger partial charge in [0.1, 0.15) is 17.2 Å². The van der Waals surface area contributed by atoms with Gasteiger partial charge < -0.3 is 19.3 Å². The summed E-state index contributed by atoms with van der Waals surface area (Å²) in [5, 5.41) is 6.85. The number of hydrogen-bond donors (Lipinski definition) is 1. The van der Waals surface area contributed by atoms with Crippen molar-refractivity contribution in [2.45, 2.75) is 26.5 Å². The van der Waals surface area contributed by atoms with Crippen molar-refractivity contribution in [2.75, 3.05) is 7.11 Å². The number of methoxy groups -OCH3 is 1. The molecular formula is C21H22N2O4. The van der Waals surface area contributed by atoms with Crippen LogP contribution in [0.2, 0.25) is 0 Å². The molecule has 2 aromatic carbocycles. The van der Waals surface area contributed by atoms with E-state index in [2.05, 4.69) is 10.5 Å². The lowest BCUT2D eigenvalue weighted by Gasteiger charge is -2.10.